The van der Waals surface area contributed by atoms with Gasteiger partial charge in [-0.25, -0.2) is 4.39 Å². The van der Waals surface area contributed by atoms with Crippen molar-refractivity contribution < 1.29 is 14.0 Å². The first kappa shape index (κ1) is 24.9. The highest BCUT2D eigenvalue weighted by molar-refractivity contribution is 7.99. The molecule has 1 fully saturated rings. The van der Waals surface area contributed by atoms with Gasteiger partial charge in [-0.3, -0.25) is 9.59 Å². The summed E-state index contributed by atoms with van der Waals surface area (Å²) in [6, 6.07) is 10.9. The predicted octanol–water partition coefficient (Wildman–Crippen LogP) is 5.84. The fourth-order valence-electron chi connectivity index (χ4n) is 3.73. The van der Waals surface area contributed by atoms with E-state index >= 15 is 0 Å². The first-order valence-electron chi connectivity index (χ1n) is 10.7. The van der Waals surface area contributed by atoms with Crippen molar-refractivity contribution in [2.75, 3.05) is 5.75 Å². The third-order valence-electron chi connectivity index (χ3n) is 5.63. The summed E-state index contributed by atoms with van der Waals surface area (Å²) in [5.41, 5.74) is 1.66. The summed E-state index contributed by atoms with van der Waals surface area (Å²) in [7, 11) is 0. The van der Waals surface area contributed by atoms with Gasteiger partial charge in [-0.1, -0.05) is 54.2 Å². The third-order valence-corrected chi connectivity index (χ3v) is 7.21. The van der Waals surface area contributed by atoms with Crippen LogP contribution in [0.2, 0.25) is 10.0 Å². The molecule has 0 heterocycles. The van der Waals surface area contributed by atoms with Crippen LogP contribution in [0.15, 0.2) is 42.5 Å². The maximum atomic E-state index is 13.1. The van der Waals surface area contributed by atoms with Crippen molar-refractivity contribution in [3.05, 3.63) is 69.5 Å². The molecule has 1 saturated carbocycles. The van der Waals surface area contributed by atoms with Crippen LogP contribution in [0.4, 0.5) is 4.39 Å². The zero-order chi connectivity index (χ0) is 23.1. The summed E-state index contributed by atoms with van der Waals surface area (Å²) in [5.74, 6) is 0.174. The maximum Gasteiger partial charge on any atom is 0.242 e. The van der Waals surface area contributed by atoms with Crippen molar-refractivity contribution in [2.45, 2.75) is 57.0 Å². The van der Waals surface area contributed by atoms with E-state index in [1.807, 2.05) is 0 Å². The lowest BCUT2D eigenvalue weighted by Crippen LogP contribution is -2.50. The molecule has 4 nitrogen and oxygen atoms in total. The van der Waals surface area contributed by atoms with E-state index in [9.17, 15) is 14.0 Å². The van der Waals surface area contributed by atoms with Crippen molar-refractivity contribution in [3.63, 3.8) is 0 Å². The molecule has 0 radical (unpaired) electrons. The second-order valence-corrected chi connectivity index (χ2v) is 9.87. The van der Waals surface area contributed by atoms with Gasteiger partial charge in [0.1, 0.15) is 11.9 Å². The summed E-state index contributed by atoms with van der Waals surface area (Å²) in [4.78, 5) is 27.6. The van der Waals surface area contributed by atoms with Crippen LogP contribution in [0.5, 0.6) is 0 Å². The van der Waals surface area contributed by atoms with Crippen LogP contribution < -0.4 is 5.32 Å². The molecule has 0 bridgehead atoms. The standard InChI is InChI=1S/C24H27Cl2FN2O2S/c1-16(24(31)28-21-4-2-3-5-21)29(13-18-8-9-19(25)12-22(18)26)23(30)15-32-14-17-6-10-20(27)11-7-17/h6-12,16,21H,2-5,13-15H2,1H3,(H,28,31)/t16-/m1/s1. The Morgan fingerprint density at radius 1 is 1.16 bits per heavy atom. The number of amides is 2. The Bertz CT molecular complexity index is 936. The minimum atomic E-state index is -0.638. The van der Waals surface area contributed by atoms with E-state index in [-0.39, 0.29) is 36.0 Å². The fraction of sp³-hybridized carbons (Fsp3) is 0.417. The van der Waals surface area contributed by atoms with Crippen LogP contribution in [-0.2, 0) is 21.9 Å². The zero-order valence-corrected chi connectivity index (χ0v) is 20.3. The number of carbonyl (C=O) groups excluding carboxylic acids is 2. The van der Waals surface area contributed by atoms with Gasteiger partial charge in [0.05, 0.1) is 5.75 Å². The van der Waals surface area contributed by atoms with Gasteiger partial charge < -0.3 is 10.2 Å². The van der Waals surface area contributed by atoms with Crippen LogP contribution in [-0.4, -0.2) is 34.6 Å². The zero-order valence-electron chi connectivity index (χ0n) is 18.0. The number of hydrogen-bond acceptors (Lipinski definition) is 3. The summed E-state index contributed by atoms with van der Waals surface area (Å²) >= 11 is 13.8. The number of carbonyl (C=O) groups is 2. The lowest BCUT2D eigenvalue weighted by atomic mass is 10.1. The Morgan fingerprint density at radius 3 is 2.50 bits per heavy atom. The minimum Gasteiger partial charge on any atom is -0.352 e. The first-order chi connectivity index (χ1) is 15.3. The highest BCUT2D eigenvalue weighted by Gasteiger charge is 2.28. The van der Waals surface area contributed by atoms with Crippen molar-refractivity contribution in [1.82, 2.24) is 10.2 Å². The highest BCUT2D eigenvalue weighted by Crippen LogP contribution is 2.24. The molecule has 2 aromatic carbocycles. The number of hydrogen-bond donors (Lipinski definition) is 1. The molecule has 2 amide bonds. The maximum absolute atomic E-state index is 13.1. The minimum absolute atomic E-state index is 0.154. The van der Waals surface area contributed by atoms with Crippen molar-refractivity contribution in [1.29, 1.82) is 0 Å². The Hall–Kier alpha value is -1.76. The molecular formula is C24H27Cl2FN2O2S. The number of halogens is 3. The number of benzene rings is 2. The molecule has 2 aromatic rings. The molecule has 32 heavy (non-hydrogen) atoms. The number of rotatable bonds is 9. The Morgan fingerprint density at radius 2 is 1.84 bits per heavy atom. The van der Waals surface area contributed by atoms with Crippen molar-refractivity contribution in [3.8, 4) is 0 Å². The quantitative estimate of drug-likeness (QED) is 0.474. The summed E-state index contributed by atoms with van der Waals surface area (Å²) < 4.78 is 13.1. The van der Waals surface area contributed by atoms with Crippen LogP contribution >= 0.6 is 35.0 Å². The van der Waals surface area contributed by atoms with Crippen molar-refractivity contribution >= 4 is 46.8 Å². The van der Waals surface area contributed by atoms with Gasteiger partial charge in [-0.15, -0.1) is 11.8 Å². The highest BCUT2D eigenvalue weighted by atomic mass is 35.5. The third kappa shape index (κ3) is 7.12. The largest absolute Gasteiger partial charge is 0.352 e. The summed E-state index contributed by atoms with van der Waals surface area (Å²) in [6.07, 6.45) is 4.18. The Labute approximate surface area is 202 Å². The van der Waals surface area contributed by atoms with Crippen LogP contribution in [0.1, 0.15) is 43.7 Å². The van der Waals surface area contributed by atoms with E-state index in [1.54, 1.807) is 42.2 Å². The summed E-state index contributed by atoms with van der Waals surface area (Å²) in [5, 5.41) is 4.05. The predicted molar refractivity (Wildman–Crippen MR) is 129 cm³/mol. The van der Waals surface area contributed by atoms with Crippen LogP contribution in [0.25, 0.3) is 0 Å². The fourth-order valence-corrected chi connectivity index (χ4v) is 5.07. The van der Waals surface area contributed by atoms with Gasteiger partial charge in [-0.2, -0.15) is 0 Å². The van der Waals surface area contributed by atoms with E-state index in [0.717, 1.165) is 36.8 Å². The van der Waals surface area contributed by atoms with Crippen LogP contribution in [0.3, 0.4) is 0 Å². The van der Waals surface area contributed by atoms with Gasteiger partial charge in [0.25, 0.3) is 0 Å². The molecule has 1 aliphatic carbocycles. The van der Waals surface area contributed by atoms with Gasteiger partial charge in [0, 0.05) is 28.4 Å². The lowest BCUT2D eigenvalue weighted by Gasteiger charge is -2.30. The molecule has 1 aliphatic rings. The number of nitrogens with zero attached hydrogens (tertiary/aromatic N) is 1. The molecule has 1 atom stereocenters. The van der Waals surface area contributed by atoms with Gasteiger partial charge in [0.15, 0.2) is 0 Å². The van der Waals surface area contributed by atoms with Gasteiger partial charge in [-0.05, 0) is 55.2 Å². The normalized spacial score (nSPS) is 14.9. The van der Waals surface area contributed by atoms with Crippen LogP contribution in [0, 0.1) is 5.82 Å². The van der Waals surface area contributed by atoms with E-state index < -0.39 is 6.04 Å². The van der Waals surface area contributed by atoms with E-state index in [1.165, 1.54) is 23.9 Å². The average Bonchev–Trinajstić information content (AvgIpc) is 3.27. The topological polar surface area (TPSA) is 49.4 Å². The Kier molecular flexibility index (Phi) is 9.26. The molecular weight excluding hydrogens is 470 g/mol. The average molecular weight is 497 g/mol. The molecule has 0 unspecified atom stereocenters. The van der Waals surface area contributed by atoms with E-state index in [4.69, 9.17) is 23.2 Å². The molecule has 0 aliphatic heterocycles. The lowest BCUT2D eigenvalue weighted by molar-refractivity contribution is -0.138. The molecule has 1 N–H and O–H groups in total. The SMILES string of the molecule is C[C@H](C(=O)NC1CCCC1)N(Cc1ccc(Cl)cc1Cl)C(=O)CSCc1ccc(F)cc1. The molecule has 0 aromatic heterocycles. The molecule has 0 spiro atoms. The van der Waals surface area contributed by atoms with E-state index in [0.29, 0.717) is 15.8 Å². The second-order valence-electron chi connectivity index (χ2n) is 8.04. The first-order valence-corrected chi connectivity index (χ1v) is 12.6. The van der Waals surface area contributed by atoms with Gasteiger partial charge >= 0.3 is 0 Å². The molecule has 172 valence electrons. The smallest absolute Gasteiger partial charge is 0.242 e. The van der Waals surface area contributed by atoms with Gasteiger partial charge in [0.2, 0.25) is 11.8 Å². The molecule has 0 saturated heterocycles. The summed E-state index contributed by atoms with van der Waals surface area (Å²) in [6.45, 7) is 1.96. The van der Waals surface area contributed by atoms with Crippen molar-refractivity contribution in [2.24, 2.45) is 0 Å². The molecule has 3 rings (SSSR count). The Balaban J connectivity index is 1.68. The molecule has 8 heteroatoms. The second kappa shape index (κ2) is 11.9. The number of nitrogens with one attached hydrogen (secondary N) is 1. The van der Waals surface area contributed by atoms with E-state index in [2.05, 4.69) is 5.32 Å². The number of thioether (sulfide) groups is 1. The monoisotopic (exact) mass is 496 g/mol.